The third-order valence-corrected chi connectivity index (χ3v) is 3.93. The summed E-state index contributed by atoms with van der Waals surface area (Å²) >= 11 is 8.24. The number of anilines is 1. The highest BCUT2D eigenvalue weighted by Crippen LogP contribution is 2.34. The molecule has 0 amide bonds. The van der Waals surface area contributed by atoms with Crippen molar-refractivity contribution in [3.63, 3.8) is 0 Å². The summed E-state index contributed by atoms with van der Waals surface area (Å²) in [4.78, 5) is 0. The summed E-state index contributed by atoms with van der Waals surface area (Å²) in [6.45, 7) is 3.27. The second-order valence-corrected chi connectivity index (χ2v) is 6.00. The molecule has 2 aromatic rings. The largest absolute Gasteiger partial charge is 0.492 e. The third kappa shape index (κ3) is 4.41. The van der Waals surface area contributed by atoms with Crippen molar-refractivity contribution in [2.24, 2.45) is 0 Å². The number of rotatable bonds is 6. The molecule has 0 aromatic heterocycles. The minimum atomic E-state index is 0.609. The van der Waals surface area contributed by atoms with Gasteiger partial charge in [0.25, 0.3) is 0 Å². The minimum Gasteiger partial charge on any atom is -0.492 e. The van der Waals surface area contributed by atoms with Gasteiger partial charge in [-0.05, 0) is 65.4 Å². The van der Waals surface area contributed by atoms with Crippen molar-refractivity contribution in [2.45, 2.75) is 13.5 Å². The smallest absolute Gasteiger partial charge is 0.174 e. The summed E-state index contributed by atoms with van der Waals surface area (Å²) in [5.41, 5.74) is 2.12. The van der Waals surface area contributed by atoms with Gasteiger partial charge in [0.05, 0.1) is 17.3 Å². The first-order valence-corrected chi connectivity index (χ1v) is 8.08. The second kappa shape index (κ2) is 7.75. The molecule has 0 saturated carbocycles. The van der Waals surface area contributed by atoms with E-state index < -0.39 is 0 Å². The number of nitrogens with one attached hydrogen (secondary N) is 1. The molecule has 0 saturated heterocycles. The van der Waals surface area contributed by atoms with Crippen molar-refractivity contribution in [1.29, 1.82) is 0 Å². The van der Waals surface area contributed by atoms with Crippen molar-refractivity contribution in [3.05, 3.63) is 50.6 Å². The molecule has 0 aliphatic rings. The van der Waals surface area contributed by atoms with Crippen LogP contribution in [0.2, 0.25) is 5.02 Å². The summed E-state index contributed by atoms with van der Waals surface area (Å²) in [7, 11) is 1.66. The Hall–Kier alpha value is -1.14. The Kier molecular flexibility index (Phi) is 5.99. The van der Waals surface area contributed by atoms with Crippen molar-refractivity contribution in [1.82, 2.24) is 0 Å². The lowest BCUT2D eigenvalue weighted by Crippen LogP contribution is -2.03. The van der Waals surface area contributed by atoms with Crippen molar-refractivity contribution in [2.75, 3.05) is 19.0 Å². The van der Waals surface area contributed by atoms with E-state index in [9.17, 15) is 0 Å². The van der Waals surface area contributed by atoms with Gasteiger partial charge >= 0.3 is 0 Å². The Bertz CT molecular complexity index is 619. The van der Waals surface area contributed by atoms with Gasteiger partial charge < -0.3 is 14.8 Å². The predicted octanol–water partition coefficient (Wildman–Crippen LogP) is 4.96. The molecule has 5 heteroatoms. The maximum absolute atomic E-state index is 5.98. The molecule has 0 fully saturated rings. The maximum atomic E-state index is 5.98. The average molecular weight is 418 g/mol. The Labute approximate surface area is 143 Å². The van der Waals surface area contributed by atoms with Crippen molar-refractivity contribution < 1.29 is 9.47 Å². The Morgan fingerprint density at radius 1 is 1.24 bits per heavy atom. The number of hydrogen-bond donors (Lipinski definition) is 1. The molecule has 112 valence electrons. The maximum Gasteiger partial charge on any atom is 0.174 e. The minimum absolute atomic E-state index is 0.609. The Morgan fingerprint density at radius 3 is 2.71 bits per heavy atom. The van der Waals surface area contributed by atoms with Gasteiger partial charge in [-0.2, -0.15) is 0 Å². The summed E-state index contributed by atoms with van der Waals surface area (Å²) in [5, 5.41) is 4.07. The third-order valence-electron chi connectivity index (χ3n) is 2.89. The molecular formula is C16H17ClINO2. The van der Waals surface area contributed by atoms with E-state index in [1.165, 1.54) is 0 Å². The van der Waals surface area contributed by atoms with Crippen LogP contribution in [0.5, 0.6) is 11.5 Å². The molecule has 0 bridgehead atoms. The topological polar surface area (TPSA) is 30.5 Å². The molecule has 0 aliphatic heterocycles. The van der Waals surface area contributed by atoms with E-state index in [4.69, 9.17) is 21.1 Å². The molecule has 0 heterocycles. The quantitative estimate of drug-likeness (QED) is 0.674. The molecule has 0 atom stereocenters. The molecular weight excluding hydrogens is 401 g/mol. The normalized spacial score (nSPS) is 10.3. The number of ether oxygens (including phenoxy) is 2. The SMILES string of the molecule is CCOc1cc(CNc2cccc(Cl)c2)cc(I)c1OC. The molecule has 1 N–H and O–H groups in total. The molecule has 21 heavy (non-hydrogen) atoms. The lowest BCUT2D eigenvalue weighted by Gasteiger charge is -2.14. The molecule has 2 aromatic carbocycles. The van der Waals surface area contributed by atoms with E-state index in [-0.39, 0.29) is 0 Å². The van der Waals surface area contributed by atoms with Gasteiger partial charge in [0.2, 0.25) is 0 Å². The first-order chi connectivity index (χ1) is 10.1. The Balaban J connectivity index is 2.16. The second-order valence-electron chi connectivity index (χ2n) is 4.41. The van der Waals surface area contributed by atoms with Gasteiger partial charge in [-0.1, -0.05) is 17.7 Å². The van der Waals surface area contributed by atoms with E-state index >= 15 is 0 Å². The van der Waals surface area contributed by atoms with Crippen LogP contribution >= 0.6 is 34.2 Å². The predicted molar refractivity (Wildman–Crippen MR) is 95.7 cm³/mol. The zero-order chi connectivity index (χ0) is 15.2. The number of benzene rings is 2. The summed E-state index contributed by atoms with van der Waals surface area (Å²) < 4.78 is 12.1. The van der Waals surface area contributed by atoms with Crippen LogP contribution in [-0.2, 0) is 6.54 Å². The zero-order valence-electron chi connectivity index (χ0n) is 12.0. The van der Waals surface area contributed by atoms with Crippen LogP contribution in [0.15, 0.2) is 36.4 Å². The van der Waals surface area contributed by atoms with Crippen LogP contribution in [0.3, 0.4) is 0 Å². The summed E-state index contributed by atoms with van der Waals surface area (Å²) in [5.74, 6) is 1.55. The van der Waals surface area contributed by atoms with E-state index in [2.05, 4.69) is 34.0 Å². The van der Waals surface area contributed by atoms with E-state index in [0.717, 1.165) is 31.3 Å². The van der Waals surface area contributed by atoms with Gasteiger partial charge in [0.15, 0.2) is 11.5 Å². The van der Waals surface area contributed by atoms with Crippen LogP contribution in [-0.4, -0.2) is 13.7 Å². The number of methoxy groups -OCH3 is 1. The van der Waals surface area contributed by atoms with E-state index in [0.29, 0.717) is 13.2 Å². The average Bonchev–Trinajstić information content (AvgIpc) is 2.45. The fourth-order valence-corrected chi connectivity index (χ4v) is 3.06. The summed E-state index contributed by atoms with van der Waals surface area (Å²) in [6.07, 6.45) is 0. The van der Waals surface area contributed by atoms with Gasteiger partial charge in [0, 0.05) is 17.3 Å². The molecule has 0 spiro atoms. The molecule has 3 nitrogen and oxygen atoms in total. The van der Waals surface area contributed by atoms with Crippen LogP contribution in [0, 0.1) is 3.57 Å². The van der Waals surface area contributed by atoms with Gasteiger partial charge in [-0.25, -0.2) is 0 Å². The lowest BCUT2D eigenvalue weighted by atomic mass is 10.2. The monoisotopic (exact) mass is 417 g/mol. The van der Waals surface area contributed by atoms with Crippen LogP contribution in [0.1, 0.15) is 12.5 Å². The molecule has 0 unspecified atom stereocenters. The van der Waals surface area contributed by atoms with Crippen LogP contribution in [0.4, 0.5) is 5.69 Å². The first kappa shape index (κ1) is 16.2. The first-order valence-electron chi connectivity index (χ1n) is 6.62. The van der Waals surface area contributed by atoms with Crippen molar-refractivity contribution >= 4 is 39.9 Å². The van der Waals surface area contributed by atoms with Crippen molar-refractivity contribution in [3.8, 4) is 11.5 Å². The van der Waals surface area contributed by atoms with Gasteiger partial charge in [0.1, 0.15) is 0 Å². The highest BCUT2D eigenvalue weighted by atomic mass is 127. The summed E-state index contributed by atoms with van der Waals surface area (Å²) in [6, 6.07) is 11.8. The molecule has 0 aliphatic carbocycles. The van der Waals surface area contributed by atoms with Gasteiger partial charge in [-0.15, -0.1) is 0 Å². The Morgan fingerprint density at radius 2 is 2.05 bits per heavy atom. The van der Waals surface area contributed by atoms with Crippen LogP contribution < -0.4 is 14.8 Å². The van der Waals surface area contributed by atoms with Gasteiger partial charge in [-0.3, -0.25) is 0 Å². The van der Waals surface area contributed by atoms with E-state index in [1.807, 2.05) is 37.3 Å². The molecule has 0 radical (unpaired) electrons. The lowest BCUT2D eigenvalue weighted by molar-refractivity contribution is 0.309. The highest BCUT2D eigenvalue weighted by Gasteiger charge is 2.11. The van der Waals surface area contributed by atoms with E-state index in [1.54, 1.807) is 7.11 Å². The fraction of sp³-hybridized carbons (Fsp3) is 0.250. The zero-order valence-corrected chi connectivity index (χ0v) is 14.9. The number of halogens is 2. The fourth-order valence-electron chi connectivity index (χ4n) is 1.99. The molecule has 2 rings (SSSR count). The highest BCUT2D eigenvalue weighted by molar-refractivity contribution is 14.1. The van der Waals surface area contributed by atoms with Crippen LogP contribution in [0.25, 0.3) is 0 Å². The standard InChI is InChI=1S/C16H17ClINO2/c1-3-21-15-8-11(7-14(18)16(15)20-2)10-19-13-6-4-5-12(17)9-13/h4-9,19H,3,10H2,1-2H3. The number of hydrogen-bond acceptors (Lipinski definition) is 3.